The van der Waals surface area contributed by atoms with Crippen molar-refractivity contribution >= 4 is 46.2 Å². The summed E-state index contributed by atoms with van der Waals surface area (Å²) in [4.78, 5) is 28.2. The normalized spacial score (nSPS) is 12.0. The Hall–Kier alpha value is -4.29. The Morgan fingerprint density at radius 2 is 1.63 bits per heavy atom. The van der Waals surface area contributed by atoms with Crippen molar-refractivity contribution in [2.45, 2.75) is 6.54 Å². The van der Waals surface area contributed by atoms with Gasteiger partial charge in [-0.15, -0.1) is 0 Å². The maximum atomic E-state index is 13.7. The number of ether oxygens (including phenoxy) is 1. The maximum absolute atomic E-state index is 13.7. The van der Waals surface area contributed by atoms with Crippen molar-refractivity contribution in [1.29, 1.82) is 0 Å². The van der Waals surface area contributed by atoms with Crippen LogP contribution in [0.5, 0.6) is 5.75 Å². The number of amides is 2. The van der Waals surface area contributed by atoms with Crippen molar-refractivity contribution in [1.82, 2.24) is 0 Å². The van der Waals surface area contributed by atoms with Crippen molar-refractivity contribution < 1.29 is 14.3 Å². The highest BCUT2D eigenvalue weighted by Gasteiger charge is 2.26. The minimum Gasteiger partial charge on any atom is -0.496 e. The first-order valence-corrected chi connectivity index (χ1v) is 11.4. The van der Waals surface area contributed by atoms with Crippen LogP contribution in [-0.2, 0) is 6.54 Å². The molecule has 0 aliphatic carbocycles. The Morgan fingerprint density at radius 3 is 2.40 bits per heavy atom. The number of anilines is 4. The summed E-state index contributed by atoms with van der Waals surface area (Å²) in [7, 11) is 1.48. The number of rotatable bonds is 4. The van der Waals surface area contributed by atoms with E-state index in [0.29, 0.717) is 34.1 Å². The summed E-state index contributed by atoms with van der Waals surface area (Å²) in [6.45, 7) is 0.621. The van der Waals surface area contributed by atoms with Crippen LogP contribution in [0, 0.1) is 0 Å². The van der Waals surface area contributed by atoms with E-state index in [1.54, 1.807) is 47.4 Å². The Balaban J connectivity index is 1.43. The van der Waals surface area contributed by atoms with Crippen molar-refractivity contribution in [2.75, 3.05) is 22.6 Å². The van der Waals surface area contributed by atoms with E-state index in [9.17, 15) is 9.59 Å². The number of para-hydroxylation sites is 3. The van der Waals surface area contributed by atoms with Crippen LogP contribution in [0.3, 0.4) is 0 Å². The number of nitrogens with one attached hydrogen (secondary N) is 2. The highest BCUT2D eigenvalue weighted by atomic mass is 35.5. The topological polar surface area (TPSA) is 70.7 Å². The molecule has 6 nitrogen and oxygen atoms in total. The van der Waals surface area contributed by atoms with Crippen LogP contribution in [0.1, 0.15) is 26.3 Å². The number of carbonyl (C=O) groups is 2. The number of methoxy groups -OCH3 is 1. The minimum atomic E-state index is -0.334. The molecule has 0 radical (unpaired) electrons. The van der Waals surface area contributed by atoms with Gasteiger partial charge in [-0.25, -0.2) is 0 Å². The van der Waals surface area contributed by atoms with E-state index in [1.165, 1.54) is 7.11 Å². The zero-order valence-electron chi connectivity index (χ0n) is 18.9. The molecule has 0 unspecified atom stereocenters. The fraction of sp³-hybridized carbons (Fsp3) is 0.0714. The first kappa shape index (κ1) is 22.5. The molecule has 0 saturated carbocycles. The fourth-order valence-corrected chi connectivity index (χ4v) is 4.27. The van der Waals surface area contributed by atoms with Crippen LogP contribution in [0.2, 0.25) is 5.02 Å². The minimum absolute atomic E-state index is 0.161. The molecule has 35 heavy (non-hydrogen) atoms. The lowest BCUT2D eigenvalue weighted by atomic mass is 10.1. The summed E-state index contributed by atoms with van der Waals surface area (Å²) >= 11 is 5.99. The predicted octanol–water partition coefficient (Wildman–Crippen LogP) is 6.50. The second-order valence-corrected chi connectivity index (χ2v) is 8.45. The van der Waals surface area contributed by atoms with Crippen LogP contribution in [0.15, 0.2) is 91.0 Å². The first-order chi connectivity index (χ1) is 17.0. The third-order valence-electron chi connectivity index (χ3n) is 5.85. The van der Waals surface area contributed by atoms with E-state index in [0.717, 1.165) is 22.6 Å². The van der Waals surface area contributed by atoms with Crippen LogP contribution >= 0.6 is 11.6 Å². The fourth-order valence-electron chi connectivity index (χ4n) is 4.11. The monoisotopic (exact) mass is 483 g/mol. The lowest BCUT2D eigenvalue weighted by Gasteiger charge is -2.24. The van der Waals surface area contributed by atoms with E-state index in [4.69, 9.17) is 16.3 Å². The highest BCUT2D eigenvalue weighted by Crippen LogP contribution is 2.38. The maximum Gasteiger partial charge on any atom is 0.262 e. The third-order valence-corrected chi connectivity index (χ3v) is 6.08. The molecule has 1 heterocycles. The zero-order valence-corrected chi connectivity index (χ0v) is 19.7. The average Bonchev–Trinajstić information content (AvgIpc) is 3.05. The van der Waals surface area contributed by atoms with Crippen LogP contribution < -0.4 is 20.3 Å². The number of hydrogen-bond donors (Lipinski definition) is 2. The van der Waals surface area contributed by atoms with E-state index >= 15 is 0 Å². The molecule has 0 spiro atoms. The Kier molecular flexibility index (Phi) is 6.12. The second-order valence-electron chi connectivity index (χ2n) is 8.02. The number of fused-ring (bicyclic) bond motifs is 2. The number of carbonyl (C=O) groups excluding carboxylic acids is 2. The molecule has 174 valence electrons. The number of benzene rings is 4. The van der Waals surface area contributed by atoms with Gasteiger partial charge in [0.2, 0.25) is 0 Å². The molecule has 1 aliphatic heterocycles. The van der Waals surface area contributed by atoms with E-state index < -0.39 is 0 Å². The van der Waals surface area contributed by atoms with Gasteiger partial charge in [0, 0.05) is 22.8 Å². The summed E-state index contributed by atoms with van der Waals surface area (Å²) in [5.41, 5.74) is 4.95. The molecule has 4 aromatic carbocycles. The summed E-state index contributed by atoms with van der Waals surface area (Å²) in [6.07, 6.45) is 0. The average molecular weight is 484 g/mol. The van der Waals surface area contributed by atoms with Gasteiger partial charge in [0.05, 0.1) is 29.7 Å². The van der Waals surface area contributed by atoms with Gasteiger partial charge < -0.3 is 15.4 Å². The summed E-state index contributed by atoms with van der Waals surface area (Å²) in [5, 5.41) is 6.74. The van der Waals surface area contributed by atoms with Crippen molar-refractivity contribution in [2.24, 2.45) is 0 Å². The van der Waals surface area contributed by atoms with Crippen molar-refractivity contribution in [3.05, 3.63) is 113 Å². The van der Waals surface area contributed by atoms with Gasteiger partial charge in [0.15, 0.2) is 0 Å². The van der Waals surface area contributed by atoms with E-state index in [-0.39, 0.29) is 11.8 Å². The molecule has 0 bridgehead atoms. The van der Waals surface area contributed by atoms with Crippen molar-refractivity contribution in [3.8, 4) is 5.75 Å². The van der Waals surface area contributed by atoms with Crippen molar-refractivity contribution in [3.63, 3.8) is 0 Å². The standard InChI is InChI=1S/C28H22ClN3O3/c1-35-26-16-20(29)12-15-22(26)27(33)31-21-13-10-18(11-14-21)28(34)32-24-8-4-2-6-19(24)17-30-23-7-3-5-9-25(23)32/h2-16,30H,17H2,1H3,(H,31,33). The molecule has 7 heteroatoms. The van der Waals surface area contributed by atoms with Gasteiger partial charge in [0.25, 0.3) is 11.8 Å². The first-order valence-electron chi connectivity index (χ1n) is 11.1. The molecular formula is C28H22ClN3O3. The SMILES string of the molecule is COc1cc(Cl)ccc1C(=O)Nc1ccc(C(=O)N2c3ccccc3CNc3ccccc32)cc1. The lowest BCUT2D eigenvalue weighted by Crippen LogP contribution is -2.26. The number of halogens is 1. The Labute approximate surface area is 208 Å². The molecule has 0 fully saturated rings. The molecule has 2 amide bonds. The zero-order chi connectivity index (χ0) is 24.4. The summed E-state index contributed by atoms with van der Waals surface area (Å²) in [5.74, 6) is -0.112. The van der Waals surface area contributed by atoms with E-state index in [1.807, 2.05) is 48.5 Å². The molecule has 0 saturated heterocycles. The summed E-state index contributed by atoms with van der Waals surface area (Å²) in [6, 6.07) is 27.3. The highest BCUT2D eigenvalue weighted by molar-refractivity contribution is 6.31. The molecule has 2 N–H and O–H groups in total. The molecule has 0 aromatic heterocycles. The Bertz CT molecular complexity index is 1370. The van der Waals surface area contributed by atoms with Gasteiger partial charge in [-0.05, 0) is 66.2 Å². The number of hydrogen-bond acceptors (Lipinski definition) is 4. The van der Waals surface area contributed by atoms with Gasteiger partial charge in [-0.2, -0.15) is 0 Å². The largest absolute Gasteiger partial charge is 0.496 e. The van der Waals surface area contributed by atoms with Crippen LogP contribution in [0.4, 0.5) is 22.7 Å². The molecule has 0 atom stereocenters. The predicted molar refractivity (Wildman–Crippen MR) is 139 cm³/mol. The lowest BCUT2D eigenvalue weighted by molar-refractivity contribution is 0.0997. The van der Waals surface area contributed by atoms with Crippen LogP contribution in [-0.4, -0.2) is 18.9 Å². The van der Waals surface area contributed by atoms with Crippen LogP contribution in [0.25, 0.3) is 0 Å². The van der Waals surface area contributed by atoms with E-state index in [2.05, 4.69) is 10.6 Å². The van der Waals surface area contributed by atoms with Gasteiger partial charge in [-0.1, -0.05) is 41.9 Å². The number of nitrogens with zero attached hydrogens (tertiary/aromatic N) is 1. The van der Waals surface area contributed by atoms with Gasteiger partial charge >= 0.3 is 0 Å². The van der Waals surface area contributed by atoms with Gasteiger partial charge in [-0.3, -0.25) is 14.5 Å². The van der Waals surface area contributed by atoms with Gasteiger partial charge in [0.1, 0.15) is 5.75 Å². The molecule has 5 rings (SSSR count). The summed E-state index contributed by atoms with van der Waals surface area (Å²) < 4.78 is 5.27. The molecule has 4 aromatic rings. The third kappa shape index (κ3) is 4.44. The second kappa shape index (κ2) is 9.52. The quantitative estimate of drug-likeness (QED) is 0.347. The smallest absolute Gasteiger partial charge is 0.262 e. The molecular weight excluding hydrogens is 462 g/mol. The molecule has 1 aliphatic rings. The Morgan fingerprint density at radius 1 is 0.914 bits per heavy atom.